The first-order chi connectivity index (χ1) is 6.61. The van der Waals surface area contributed by atoms with Crippen LogP contribution in [0, 0.1) is 0 Å². The molecule has 0 unspecified atom stereocenters. The van der Waals surface area contributed by atoms with Gasteiger partial charge in [-0.1, -0.05) is 0 Å². The van der Waals surface area contributed by atoms with Crippen LogP contribution >= 0.6 is 0 Å². The molecule has 6 nitrogen and oxygen atoms in total. The van der Waals surface area contributed by atoms with E-state index >= 15 is 0 Å². The van der Waals surface area contributed by atoms with E-state index in [0.29, 0.717) is 0 Å². The lowest BCUT2D eigenvalue weighted by Crippen LogP contribution is -2.22. The lowest BCUT2D eigenvalue weighted by atomic mass is 10.2. The van der Waals surface area contributed by atoms with Crippen LogP contribution in [0.4, 0.5) is 0 Å². The van der Waals surface area contributed by atoms with Gasteiger partial charge in [-0.05, 0) is 13.3 Å². The molecule has 78 valence electrons. The second kappa shape index (κ2) is 6.80. The number of hydrogen-bond donors (Lipinski definition) is 1. The summed E-state index contributed by atoms with van der Waals surface area (Å²) >= 11 is 0. The maximum Gasteiger partial charge on any atom is 0.331 e. The fourth-order valence-electron chi connectivity index (χ4n) is 0.797. The number of isocyanates is 1. The van der Waals surface area contributed by atoms with Crippen LogP contribution in [-0.2, 0) is 19.1 Å². The highest BCUT2D eigenvalue weighted by atomic mass is 16.5. The van der Waals surface area contributed by atoms with Crippen molar-refractivity contribution in [3.05, 3.63) is 0 Å². The number of nitrogens with zero attached hydrogens (tertiary/aromatic N) is 1. The Bertz CT molecular complexity index is 256. The Balaban J connectivity index is 4.20. The molecule has 0 bridgehead atoms. The average Bonchev–Trinajstić information content (AvgIpc) is 2.12. The van der Waals surface area contributed by atoms with Gasteiger partial charge in [-0.15, -0.1) is 0 Å². The number of carboxylic acid groups (broad SMARTS) is 1. The summed E-state index contributed by atoms with van der Waals surface area (Å²) in [7, 11) is 0. The summed E-state index contributed by atoms with van der Waals surface area (Å²) in [6, 6.07) is -1.05. The third kappa shape index (κ3) is 5.05. The molecule has 0 saturated heterocycles. The highest BCUT2D eigenvalue weighted by Gasteiger charge is 2.19. The molecule has 1 N–H and O–H groups in total. The maximum absolute atomic E-state index is 11.1. The quantitative estimate of drug-likeness (QED) is 0.374. The largest absolute Gasteiger partial charge is 0.481 e. The molecule has 1 atom stereocenters. The molecule has 0 saturated carbocycles. The number of esters is 1. The van der Waals surface area contributed by atoms with Crippen LogP contribution in [0.3, 0.4) is 0 Å². The molecule has 0 radical (unpaired) electrons. The van der Waals surface area contributed by atoms with E-state index in [1.54, 1.807) is 6.92 Å². The van der Waals surface area contributed by atoms with E-state index < -0.39 is 18.0 Å². The van der Waals surface area contributed by atoms with Crippen LogP contribution in [0.2, 0.25) is 0 Å². The fourth-order valence-corrected chi connectivity index (χ4v) is 0.797. The van der Waals surface area contributed by atoms with Gasteiger partial charge in [0.25, 0.3) is 0 Å². The summed E-state index contributed by atoms with van der Waals surface area (Å²) in [5.74, 6) is -1.75. The predicted molar refractivity (Wildman–Crippen MR) is 45.4 cm³/mol. The number of carboxylic acids is 1. The summed E-state index contributed by atoms with van der Waals surface area (Å²) in [6.07, 6.45) is 0.918. The van der Waals surface area contributed by atoms with E-state index in [4.69, 9.17) is 5.11 Å². The minimum atomic E-state index is -1.06. The first kappa shape index (κ1) is 12.3. The number of aliphatic imine (C=N–C) groups is 1. The number of carbonyl (C=O) groups is 2. The maximum atomic E-state index is 11.1. The van der Waals surface area contributed by atoms with Crippen molar-refractivity contribution in [1.82, 2.24) is 0 Å². The number of aliphatic carboxylic acids is 1. The van der Waals surface area contributed by atoms with Crippen LogP contribution in [0.15, 0.2) is 4.99 Å². The fraction of sp³-hybridized carbons (Fsp3) is 0.625. The van der Waals surface area contributed by atoms with E-state index in [9.17, 15) is 14.4 Å². The Morgan fingerprint density at radius 1 is 1.57 bits per heavy atom. The summed E-state index contributed by atoms with van der Waals surface area (Å²) in [5.41, 5.74) is 0. The second-order valence-corrected chi connectivity index (χ2v) is 2.42. The molecule has 14 heavy (non-hydrogen) atoms. The SMILES string of the molecule is CCOC(=O)[C@H](CCC(=O)O)N=C=O. The van der Waals surface area contributed by atoms with Crippen LogP contribution in [-0.4, -0.2) is 35.8 Å². The lowest BCUT2D eigenvalue weighted by Gasteiger charge is -2.07. The number of hydrogen-bond acceptors (Lipinski definition) is 5. The van der Waals surface area contributed by atoms with Gasteiger partial charge in [0, 0.05) is 6.42 Å². The molecule has 6 heteroatoms. The van der Waals surface area contributed by atoms with Gasteiger partial charge in [-0.3, -0.25) is 4.79 Å². The van der Waals surface area contributed by atoms with Crippen LogP contribution < -0.4 is 0 Å². The van der Waals surface area contributed by atoms with Gasteiger partial charge in [-0.25, -0.2) is 9.59 Å². The lowest BCUT2D eigenvalue weighted by molar-refractivity contribution is -0.145. The van der Waals surface area contributed by atoms with Crippen molar-refractivity contribution in [3.63, 3.8) is 0 Å². The first-order valence-corrected chi connectivity index (χ1v) is 4.07. The van der Waals surface area contributed by atoms with Crippen molar-refractivity contribution in [3.8, 4) is 0 Å². The van der Waals surface area contributed by atoms with Crippen molar-refractivity contribution >= 4 is 18.0 Å². The standard InChI is InChI=1S/C8H11NO5/c1-2-14-8(13)6(9-5-10)3-4-7(11)12/h6H,2-4H2,1H3,(H,11,12)/t6-/m0/s1. The number of ether oxygens (including phenoxy) is 1. The Morgan fingerprint density at radius 3 is 2.64 bits per heavy atom. The molecule has 0 aromatic rings. The molecule has 0 aromatic carbocycles. The minimum Gasteiger partial charge on any atom is -0.481 e. The van der Waals surface area contributed by atoms with E-state index in [0.717, 1.165) is 0 Å². The summed E-state index contributed by atoms with van der Waals surface area (Å²) in [6.45, 7) is 1.77. The minimum absolute atomic E-state index is 0.0522. The molecule has 0 spiro atoms. The van der Waals surface area contributed by atoms with E-state index in [-0.39, 0.29) is 19.4 Å². The molecular weight excluding hydrogens is 190 g/mol. The normalized spacial score (nSPS) is 11.2. The third-order valence-electron chi connectivity index (χ3n) is 1.40. The van der Waals surface area contributed by atoms with E-state index in [1.807, 2.05) is 0 Å². The molecule has 0 aromatic heterocycles. The number of carbonyl (C=O) groups excluding carboxylic acids is 2. The van der Waals surface area contributed by atoms with Gasteiger partial charge in [0.2, 0.25) is 6.08 Å². The van der Waals surface area contributed by atoms with Crippen molar-refractivity contribution < 1.29 is 24.2 Å². The third-order valence-corrected chi connectivity index (χ3v) is 1.40. The van der Waals surface area contributed by atoms with Gasteiger partial charge < -0.3 is 9.84 Å². The molecule has 0 aliphatic rings. The highest BCUT2D eigenvalue weighted by Crippen LogP contribution is 2.04. The zero-order valence-electron chi connectivity index (χ0n) is 7.73. The summed E-state index contributed by atoms with van der Waals surface area (Å²) in [4.78, 5) is 34.3. The van der Waals surface area contributed by atoms with Gasteiger partial charge in [0.05, 0.1) is 6.61 Å². The van der Waals surface area contributed by atoms with Crippen LogP contribution in [0.1, 0.15) is 19.8 Å². The summed E-state index contributed by atoms with van der Waals surface area (Å²) < 4.78 is 4.58. The molecular formula is C8H11NO5. The van der Waals surface area contributed by atoms with Gasteiger partial charge in [0.15, 0.2) is 6.04 Å². The summed E-state index contributed by atoms with van der Waals surface area (Å²) in [5, 5.41) is 8.35. The van der Waals surface area contributed by atoms with E-state index in [2.05, 4.69) is 9.73 Å². The van der Waals surface area contributed by atoms with Crippen LogP contribution in [0.25, 0.3) is 0 Å². The number of rotatable bonds is 6. The molecule has 0 aliphatic heterocycles. The van der Waals surface area contributed by atoms with Crippen molar-refractivity contribution in [2.45, 2.75) is 25.8 Å². The average molecular weight is 201 g/mol. The first-order valence-electron chi connectivity index (χ1n) is 4.07. The molecule has 0 heterocycles. The molecule has 0 rings (SSSR count). The van der Waals surface area contributed by atoms with Crippen molar-refractivity contribution in [2.24, 2.45) is 4.99 Å². The van der Waals surface area contributed by atoms with Crippen molar-refractivity contribution in [1.29, 1.82) is 0 Å². The second-order valence-electron chi connectivity index (χ2n) is 2.42. The highest BCUT2D eigenvalue weighted by molar-refractivity contribution is 5.78. The Kier molecular flexibility index (Phi) is 5.98. The molecule has 0 aliphatic carbocycles. The van der Waals surface area contributed by atoms with E-state index in [1.165, 1.54) is 6.08 Å². The van der Waals surface area contributed by atoms with Crippen molar-refractivity contribution in [2.75, 3.05) is 6.61 Å². The zero-order valence-corrected chi connectivity index (χ0v) is 7.73. The van der Waals surface area contributed by atoms with Gasteiger partial charge in [0.1, 0.15) is 0 Å². The topological polar surface area (TPSA) is 93.0 Å². The van der Waals surface area contributed by atoms with Gasteiger partial charge >= 0.3 is 11.9 Å². The zero-order chi connectivity index (χ0) is 11.0. The van der Waals surface area contributed by atoms with Crippen LogP contribution in [0.5, 0.6) is 0 Å². The molecule has 0 amide bonds. The smallest absolute Gasteiger partial charge is 0.331 e. The monoisotopic (exact) mass is 201 g/mol. The predicted octanol–water partition coefficient (Wildman–Crippen LogP) is 0.119. The Hall–Kier alpha value is -1.68. The Morgan fingerprint density at radius 2 is 2.21 bits per heavy atom. The Labute approximate surface area is 80.6 Å². The molecule has 0 fully saturated rings. The van der Waals surface area contributed by atoms with Gasteiger partial charge in [-0.2, -0.15) is 4.99 Å².